The van der Waals surface area contributed by atoms with Crippen molar-refractivity contribution in [2.75, 3.05) is 13.1 Å². The number of likely N-dealkylation sites (tertiary alicyclic amines) is 1. The molecule has 1 fully saturated rings. The van der Waals surface area contributed by atoms with E-state index < -0.39 is 11.6 Å². The van der Waals surface area contributed by atoms with Crippen molar-refractivity contribution in [3.63, 3.8) is 0 Å². The van der Waals surface area contributed by atoms with Gasteiger partial charge in [0.25, 0.3) is 5.19 Å². The number of imidazole rings is 1. The number of para-hydroxylation sites is 2. The van der Waals surface area contributed by atoms with Crippen LogP contribution in [0, 0.1) is 11.6 Å². The average Bonchev–Trinajstić information content (AvgIpc) is 3.33. The van der Waals surface area contributed by atoms with Crippen molar-refractivity contribution in [1.29, 1.82) is 0 Å². The van der Waals surface area contributed by atoms with E-state index in [0.717, 1.165) is 28.4 Å². The molecular weight excluding hydrogens is 410 g/mol. The summed E-state index contributed by atoms with van der Waals surface area (Å²) in [5, 5.41) is 0.323. The fraction of sp³-hybridized carbons (Fsp3) is 0.286. The molecule has 0 radical (unpaired) electrons. The molecule has 6 nitrogen and oxygen atoms in total. The molecule has 1 saturated heterocycles. The summed E-state index contributed by atoms with van der Waals surface area (Å²) in [5.41, 5.74) is 1.92. The van der Waals surface area contributed by atoms with E-state index in [-0.39, 0.29) is 24.1 Å². The highest BCUT2D eigenvalue weighted by Gasteiger charge is 2.25. The molecule has 2 aromatic heterocycles. The summed E-state index contributed by atoms with van der Waals surface area (Å²) in [6.07, 6.45) is 2.89. The Labute approximate surface area is 174 Å². The molecular formula is C21H18F2N4O2S. The van der Waals surface area contributed by atoms with Crippen LogP contribution >= 0.6 is 11.3 Å². The first-order valence-electron chi connectivity index (χ1n) is 9.67. The molecule has 4 aromatic rings. The maximum Gasteiger partial charge on any atom is 0.274 e. The lowest BCUT2D eigenvalue weighted by molar-refractivity contribution is -0.133. The fourth-order valence-electron chi connectivity index (χ4n) is 3.73. The summed E-state index contributed by atoms with van der Waals surface area (Å²) >= 11 is 1.13. The predicted molar refractivity (Wildman–Crippen MR) is 109 cm³/mol. The molecule has 0 unspecified atom stereocenters. The summed E-state index contributed by atoms with van der Waals surface area (Å²) in [7, 11) is 0. The number of benzene rings is 2. The summed E-state index contributed by atoms with van der Waals surface area (Å²) in [4.78, 5) is 23.0. The number of aromatic nitrogens is 3. The molecule has 2 aromatic carbocycles. The van der Waals surface area contributed by atoms with Gasteiger partial charge in [-0.3, -0.25) is 4.79 Å². The first kappa shape index (κ1) is 18.9. The third kappa shape index (κ3) is 3.60. The van der Waals surface area contributed by atoms with E-state index in [2.05, 4.69) is 9.97 Å². The fourth-order valence-corrected chi connectivity index (χ4v) is 4.66. The van der Waals surface area contributed by atoms with E-state index in [1.54, 1.807) is 6.33 Å². The van der Waals surface area contributed by atoms with Crippen molar-refractivity contribution in [3.8, 4) is 5.19 Å². The van der Waals surface area contributed by atoms with Crippen LogP contribution in [0.1, 0.15) is 12.8 Å². The van der Waals surface area contributed by atoms with Gasteiger partial charge < -0.3 is 14.2 Å². The molecule has 0 atom stereocenters. The second-order valence-corrected chi connectivity index (χ2v) is 8.27. The molecule has 3 heterocycles. The maximum atomic E-state index is 13.8. The van der Waals surface area contributed by atoms with E-state index in [1.807, 2.05) is 33.7 Å². The van der Waals surface area contributed by atoms with Gasteiger partial charge in [0.1, 0.15) is 24.0 Å². The van der Waals surface area contributed by atoms with Gasteiger partial charge in [-0.05, 0) is 18.2 Å². The highest BCUT2D eigenvalue weighted by molar-refractivity contribution is 7.20. The van der Waals surface area contributed by atoms with Gasteiger partial charge in [0.05, 0.1) is 22.1 Å². The van der Waals surface area contributed by atoms with Crippen molar-refractivity contribution in [2.45, 2.75) is 25.5 Å². The Morgan fingerprint density at radius 3 is 2.83 bits per heavy atom. The standard InChI is InChI=1S/C21H18F2N4O2S/c22-13-9-15(23)20-18(10-13)30-21(25-20)29-14-5-7-26(8-6-14)19(28)11-27-12-24-16-3-1-2-4-17(16)27/h1-4,9-10,12,14H,5-8,11H2. The maximum absolute atomic E-state index is 13.8. The zero-order valence-electron chi connectivity index (χ0n) is 15.9. The molecule has 1 aliphatic heterocycles. The molecule has 1 aliphatic rings. The van der Waals surface area contributed by atoms with Crippen LogP contribution in [-0.2, 0) is 11.3 Å². The molecule has 0 saturated carbocycles. The van der Waals surface area contributed by atoms with E-state index in [0.29, 0.717) is 35.8 Å². The van der Waals surface area contributed by atoms with E-state index in [9.17, 15) is 13.6 Å². The summed E-state index contributed by atoms with van der Waals surface area (Å²) in [6.45, 7) is 1.39. The number of carbonyl (C=O) groups excluding carboxylic acids is 1. The number of thiazole rings is 1. The molecule has 0 aliphatic carbocycles. The van der Waals surface area contributed by atoms with Crippen LogP contribution < -0.4 is 4.74 Å². The van der Waals surface area contributed by atoms with Gasteiger partial charge in [-0.2, -0.15) is 4.98 Å². The normalized spacial score (nSPS) is 15.2. The Bertz CT molecular complexity index is 1230. The largest absolute Gasteiger partial charge is 0.467 e. The lowest BCUT2D eigenvalue weighted by atomic mass is 10.1. The lowest BCUT2D eigenvalue weighted by Gasteiger charge is -2.31. The monoisotopic (exact) mass is 428 g/mol. The SMILES string of the molecule is O=C(Cn1cnc2ccccc21)N1CCC(Oc2nc3c(F)cc(F)cc3s2)CC1. The second-order valence-electron chi connectivity index (χ2n) is 7.27. The number of piperidine rings is 1. The van der Waals surface area contributed by atoms with Crippen molar-refractivity contribution in [2.24, 2.45) is 0 Å². The van der Waals surface area contributed by atoms with Gasteiger partial charge in [0.2, 0.25) is 5.91 Å². The highest BCUT2D eigenvalue weighted by atomic mass is 32.1. The van der Waals surface area contributed by atoms with Gasteiger partial charge in [-0.25, -0.2) is 13.8 Å². The number of ether oxygens (including phenoxy) is 1. The highest BCUT2D eigenvalue weighted by Crippen LogP contribution is 2.32. The molecule has 0 N–H and O–H groups in total. The van der Waals surface area contributed by atoms with Crippen molar-refractivity contribution in [3.05, 3.63) is 54.4 Å². The van der Waals surface area contributed by atoms with Crippen LogP contribution in [0.5, 0.6) is 5.19 Å². The zero-order valence-corrected chi connectivity index (χ0v) is 16.7. The Morgan fingerprint density at radius 2 is 2.00 bits per heavy atom. The van der Waals surface area contributed by atoms with Gasteiger partial charge in [0.15, 0.2) is 5.82 Å². The number of hydrogen-bond acceptors (Lipinski definition) is 5. The van der Waals surface area contributed by atoms with Crippen molar-refractivity contribution < 1.29 is 18.3 Å². The van der Waals surface area contributed by atoms with Gasteiger partial charge in [-0.15, -0.1) is 0 Å². The Kier molecular flexibility index (Phi) is 4.82. The third-order valence-corrected chi connectivity index (χ3v) is 6.18. The number of hydrogen-bond donors (Lipinski definition) is 0. The molecule has 1 amide bonds. The first-order valence-corrected chi connectivity index (χ1v) is 10.5. The van der Waals surface area contributed by atoms with Crippen LogP contribution in [0.15, 0.2) is 42.7 Å². The minimum Gasteiger partial charge on any atom is -0.467 e. The average molecular weight is 428 g/mol. The second kappa shape index (κ2) is 7.64. The Balaban J connectivity index is 1.20. The van der Waals surface area contributed by atoms with Gasteiger partial charge in [0, 0.05) is 32.0 Å². The Morgan fingerprint density at radius 1 is 1.20 bits per heavy atom. The number of rotatable bonds is 4. The first-order chi connectivity index (χ1) is 14.6. The number of carbonyl (C=O) groups is 1. The minimum atomic E-state index is -0.691. The molecule has 0 bridgehead atoms. The molecule has 30 heavy (non-hydrogen) atoms. The Hall–Kier alpha value is -3.07. The summed E-state index contributed by atoms with van der Waals surface area (Å²) < 4.78 is 35.4. The van der Waals surface area contributed by atoms with Crippen molar-refractivity contribution in [1.82, 2.24) is 19.4 Å². The van der Waals surface area contributed by atoms with E-state index in [4.69, 9.17) is 4.74 Å². The van der Waals surface area contributed by atoms with Crippen LogP contribution in [0.2, 0.25) is 0 Å². The summed E-state index contributed by atoms with van der Waals surface area (Å²) in [5.74, 6) is -1.29. The number of nitrogens with zero attached hydrogens (tertiary/aromatic N) is 4. The smallest absolute Gasteiger partial charge is 0.274 e. The number of fused-ring (bicyclic) bond motifs is 2. The molecule has 154 valence electrons. The molecule has 0 spiro atoms. The van der Waals surface area contributed by atoms with Gasteiger partial charge in [-0.1, -0.05) is 23.5 Å². The molecule has 5 rings (SSSR count). The lowest BCUT2D eigenvalue weighted by Crippen LogP contribution is -2.43. The van der Waals surface area contributed by atoms with E-state index in [1.165, 1.54) is 6.07 Å². The van der Waals surface area contributed by atoms with Crippen LogP contribution in [-0.4, -0.2) is 44.5 Å². The zero-order chi connectivity index (χ0) is 20.7. The van der Waals surface area contributed by atoms with Crippen LogP contribution in [0.4, 0.5) is 8.78 Å². The number of amides is 1. The van der Waals surface area contributed by atoms with Crippen molar-refractivity contribution >= 4 is 38.5 Å². The summed E-state index contributed by atoms with van der Waals surface area (Å²) in [6, 6.07) is 9.78. The van der Waals surface area contributed by atoms with E-state index >= 15 is 0 Å². The third-order valence-electron chi connectivity index (χ3n) is 5.29. The minimum absolute atomic E-state index is 0.0362. The number of halogens is 2. The van der Waals surface area contributed by atoms with Crippen LogP contribution in [0.25, 0.3) is 21.3 Å². The van der Waals surface area contributed by atoms with Gasteiger partial charge >= 0.3 is 0 Å². The van der Waals surface area contributed by atoms with Crippen LogP contribution in [0.3, 0.4) is 0 Å². The quantitative estimate of drug-likeness (QED) is 0.493. The molecule has 9 heteroatoms. The topological polar surface area (TPSA) is 60.2 Å². The predicted octanol–water partition coefficient (Wildman–Crippen LogP) is 3.99.